The third-order valence-corrected chi connectivity index (χ3v) is 3.31. The molecule has 2 aromatic rings. The van der Waals surface area contributed by atoms with E-state index in [9.17, 15) is 0 Å². The fourth-order valence-corrected chi connectivity index (χ4v) is 2.40. The number of halogens is 1. The molecule has 0 fully saturated rings. The van der Waals surface area contributed by atoms with Crippen molar-refractivity contribution in [2.45, 2.75) is 6.92 Å². The highest BCUT2D eigenvalue weighted by molar-refractivity contribution is 7.14. The summed E-state index contributed by atoms with van der Waals surface area (Å²) in [6.45, 7) is 1.87. The third-order valence-electron chi connectivity index (χ3n) is 1.94. The summed E-state index contributed by atoms with van der Waals surface area (Å²) < 4.78 is 0. The molecule has 5 heteroatoms. The molecule has 2 heterocycles. The Morgan fingerprint density at radius 3 is 2.80 bits per heavy atom. The van der Waals surface area contributed by atoms with Crippen LogP contribution in [0.15, 0.2) is 17.5 Å². The summed E-state index contributed by atoms with van der Waals surface area (Å²) >= 11 is 7.63. The van der Waals surface area contributed by atoms with Gasteiger partial charge in [-0.2, -0.15) is 0 Å². The van der Waals surface area contributed by atoms with Gasteiger partial charge in [0.05, 0.1) is 15.6 Å². The van der Waals surface area contributed by atoms with E-state index >= 15 is 0 Å². The van der Waals surface area contributed by atoms with Gasteiger partial charge in [-0.25, -0.2) is 9.97 Å². The maximum atomic E-state index is 6.05. The highest BCUT2D eigenvalue weighted by Gasteiger charge is 2.08. The first kappa shape index (κ1) is 10.4. The standard InChI is InChI=1S/C10H10ClN3S/c1-6-13-8(5-9(12-2)14-6)10-7(11)3-4-15-10/h3-5H,1-2H3,(H,12,13,14). The number of nitrogens with zero attached hydrogens (tertiary/aromatic N) is 2. The van der Waals surface area contributed by atoms with E-state index in [1.54, 1.807) is 11.3 Å². The zero-order valence-electron chi connectivity index (χ0n) is 8.41. The van der Waals surface area contributed by atoms with E-state index in [-0.39, 0.29) is 0 Å². The van der Waals surface area contributed by atoms with E-state index in [1.807, 2.05) is 31.5 Å². The number of aryl methyl sites for hydroxylation is 1. The van der Waals surface area contributed by atoms with E-state index in [2.05, 4.69) is 15.3 Å². The predicted molar refractivity (Wildman–Crippen MR) is 64.6 cm³/mol. The summed E-state index contributed by atoms with van der Waals surface area (Å²) in [4.78, 5) is 9.58. The van der Waals surface area contributed by atoms with Crippen LogP contribution in [0.1, 0.15) is 5.82 Å². The van der Waals surface area contributed by atoms with Gasteiger partial charge in [0.25, 0.3) is 0 Å². The average molecular weight is 240 g/mol. The summed E-state index contributed by atoms with van der Waals surface area (Å²) in [7, 11) is 1.83. The molecule has 0 aliphatic carbocycles. The average Bonchev–Trinajstić information content (AvgIpc) is 2.63. The van der Waals surface area contributed by atoms with Crippen molar-refractivity contribution in [3.63, 3.8) is 0 Å². The number of hydrogen-bond acceptors (Lipinski definition) is 4. The van der Waals surface area contributed by atoms with Crippen LogP contribution in [0.25, 0.3) is 10.6 Å². The van der Waals surface area contributed by atoms with Gasteiger partial charge in [-0.15, -0.1) is 11.3 Å². The maximum Gasteiger partial charge on any atom is 0.130 e. The van der Waals surface area contributed by atoms with Crippen molar-refractivity contribution in [1.29, 1.82) is 0 Å². The van der Waals surface area contributed by atoms with Crippen LogP contribution in [-0.4, -0.2) is 17.0 Å². The topological polar surface area (TPSA) is 37.8 Å². The third kappa shape index (κ3) is 2.11. The van der Waals surface area contributed by atoms with Crippen LogP contribution >= 0.6 is 22.9 Å². The zero-order valence-corrected chi connectivity index (χ0v) is 9.99. The summed E-state index contributed by atoms with van der Waals surface area (Å²) in [6, 6.07) is 3.77. The minimum absolute atomic E-state index is 0.736. The first-order chi connectivity index (χ1) is 7.20. The summed E-state index contributed by atoms with van der Waals surface area (Å²) in [5.74, 6) is 1.54. The van der Waals surface area contributed by atoms with Crippen molar-refractivity contribution in [2.75, 3.05) is 12.4 Å². The highest BCUT2D eigenvalue weighted by Crippen LogP contribution is 2.32. The van der Waals surface area contributed by atoms with Crippen molar-refractivity contribution in [2.24, 2.45) is 0 Å². The predicted octanol–water partition coefficient (Wildman–Crippen LogP) is 3.21. The minimum Gasteiger partial charge on any atom is -0.373 e. The van der Waals surface area contributed by atoms with Crippen molar-refractivity contribution in [3.05, 3.63) is 28.4 Å². The van der Waals surface area contributed by atoms with Gasteiger partial charge < -0.3 is 5.32 Å². The van der Waals surface area contributed by atoms with Gasteiger partial charge in [0.15, 0.2) is 0 Å². The lowest BCUT2D eigenvalue weighted by Crippen LogP contribution is -1.97. The Kier molecular flexibility index (Phi) is 2.88. The molecule has 0 saturated heterocycles. The van der Waals surface area contributed by atoms with E-state index in [1.165, 1.54) is 0 Å². The SMILES string of the molecule is CNc1cc(-c2sccc2Cl)nc(C)n1. The smallest absolute Gasteiger partial charge is 0.130 e. The molecule has 0 saturated carbocycles. The first-order valence-corrected chi connectivity index (χ1v) is 5.73. The normalized spacial score (nSPS) is 10.3. The molecule has 2 rings (SSSR count). The van der Waals surface area contributed by atoms with Crippen LogP contribution in [0.2, 0.25) is 5.02 Å². The van der Waals surface area contributed by atoms with Crippen LogP contribution in [0.4, 0.5) is 5.82 Å². The molecule has 0 aliphatic heterocycles. The van der Waals surface area contributed by atoms with Gasteiger partial charge in [0.2, 0.25) is 0 Å². The Morgan fingerprint density at radius 1 is 1.40 bits per heavy atom. The van der Waals surface area contributed by atoms with E-state index in [4.69, 9.17) is 11.6 Å². The van der Waals surface area contributed by atoms with Crippen molar-refractivity contribution in [1.82, 2.24) is 9.97 Å². The molecular weight excluding hydrogens is 230 g/mol. The molecule has 0 aliphatic rings. The maximum absolute atomic E-state index is 6.05. The molecule has 2 aromatic heterocycles. The van der Waals surface area contributed by atoms with Crippen LogP contribution in [-0.2, 0) is 0 Å². The second-order valence-corrected chi connectivity index (χ2v) is 4.36. The molecule has 0 radical (unpaired) electrons. The quantitative estimate of drug-likeness (QED) is 0.875. The van der Waals surface area contributed by atoms with Gasteiger partial charge in [-0.1, -0.05) is 11.6 Å². The summed E-state index contributed by atoms with van der Waals surface area (Å²) in [5, 5.41) is 5.69. The Balaban J connectivity index is 2.53. The van der Waals surface area contributed by atoms with Gasteiger partial charge in [0, 0.05) is 13.1 Å². The fraction of sp³-hybridized carbons (Fsp3) is 0.200. The van der Waals surface area contributed by atoms with Crippen LogP contribution in [0.5, 0.6) is 0 Å². The second-order valence-electron chi connectivity index (χ2n) is 3.03. The molecule has 0 aromatic carbocycles. The molecule has 0 bridgehead atoms. The van der Waals surface area contributed by atoms with Gasteiger partial charge in [0.1, 0.15) is 11.6 Å². The number of anilines is 1. The van der Waals surface area contributed by atoms with Crippen molar-refractivity contribution in [3.8, 4) is 10.6 Å². The Hall–Kier alpha value is -1.13. The van der Waals surface area contributed by atoms with Crippen LogP contribution in [0, 0.1) is 6.92 Å². The number of nitrogens with one attached hydrogen (secondary N) is 1. The number of rotatable bonds is 2. The van der Waals surface area contributed by atoms with Crippen molar-refractivity contribution < 1.29 is 0 Å². The molecule has 78 valence electrons. The zero-order chi connectivity index (χ0) is 10.8. The van der Waals surface area contributed by atoms with Gasteiger partial charge in [-0.05, 0) is 18.4 Å². The van der Waals surface area contributed by atoms with Crippen LogP contribution < -0.4 is 5.32 Å². The molecule has 0 amide bonds. The van der Waals surface area contributed by atoms with E-state index in [0.29, 0.717) is 0 Å². The summed E-state index contributed by atoms with van der Waals surface area (Å²) in [5.41, 5.74) is 0.867. The monoisotopic (exact) mass is 239 g/mol. The number of thiophene rings is 1. The molecule has 0 atom stereocenters. The molecule has 1 N–H and O–H groups in total. The summed E-state index contributed by atoms with van der Waals surface area (Å²) in [6.07, 6.45) is 0. The number of aromatic nitrogens is 2. The Bertz CT molecular complexity index is 481. The minimum atomic E-state index is 0.736. The van der Waals surface area contributed by atoms with Gasteiger partial charge >= 0.3 is 0 Å². The number of hydrogen-bond donors (Lipinski definition) is 1. The molecule has 15 heavy (non-hydrogen) atoms. The Labute approximate surface area is 97.2 Å². The lowest BCUT2D eigenvalue weighted by molar-refractivity contribution is 1.06. The molecule has 0 spiro atoms. The Morgan fingerprint density at radius 2 is 2.20 bits per heavy atom. The highest BCUT2D eigenvalue weighted by atomic mass is 35.5. The molecule has 3 nitrogen and oxygen atoms in total. The van der Waals surface area contributed by atoms with E-state index in [0.717, 1.165) is 27.2 Å². The molecule has 0 unspecified atom stereocenters. The largest absolute Gasteiger partial charge is 0.373 e. The fourth-order valence-electron chi connectivity index (χ4n) is 1.29. The lowest BCUT2D eigenvalue weighted by Gasteiger charge is -2.04. The molecular formula is C10H10ClN3S. The van der Waals surface area contributed by atoms with Gasteiger partial charge in [-0.3, -0.25) is 0 Å². The lowest BCUT2D eigenvalue weighted by atomic mass is 10.3. The van der Waals surface area contributed by atoms with E-state index < -0.39 is 0 Å². The van der Waals surface area contributed by atoms with Crippen molar-refractivity contribution >= 4 is 28.8 Å². The van der Waals surface area contributed by atoms with Crippen LogP contribution in [0.3, 0.4) is 0 Å². The first-order valence-electron chi connectivity index (χ1n) is 4.47. The second kappa shape index (κ2) is 4.16.